The first-order valence-electron chi connectivity index (χ1n) is 9.95. The molecule has 0 unspecified atom stereocenters. The first-order chi connectivity index (χ1) is 14.1. The number of hydrogen-bond donors (Lipinski definition) is 0. The molecule has 10 radical (unpaired) electrons. The Morgan fingerprint density at radius 2 is 1.30 bits per heavy atom. The van der Waals surface area contributed by atoms with Crippen molar-refractivity contribution in [3.63, 3.8) is 0 Å². The molecular formula is C25H26FeO4+2. The van der Waals surface area contributed by atoms with Crippen LogP contribution in [-0.4, -0.2) is 25.2 Å². The average molecular weight is 446 g/mol. The number of carbonyl (C=O) groups is 2. The maximum Gasteiger partial charge on any atom is 2.00 e. The molecule has 2 fully saturated rings. The zero-order chi connectivity index (χ0) is 20.7. The van der Waals surface area contributed by atoms with Crippen LogP contribution in [0.25, 0.3) is 0 Å². The van der Waals surface area contributed by atoms with E-state index < -0.39 is 17.4 Å². The first-order valence-corrected chi connectivity index (χ1v) is 9.95. The van der Waals surface area contributed by atoms with Crippen LogP contribution in [-0.2, 0) is 49.0 Å². The summed E-state index contributed by atoms with van der Waals surface area (Å²) in [5.41, 5.74) is 1.85. The fourth-order valence-electron chi connectivity index (χ4n) is 3.65. The molecule has 4 rings (SSSR count). The SMILES string of the molecule is CCOC(=O)C1(C(=O)OCC)Cc2ccc([C]3[CH][CH][CH][CH]3)cc2C1.[CH]1[CH][CH][CH][CH]1.[Fe+2]. The quantitative estimate of drug-likeness (QED) is 0.394. The summed E-state index contributed by atoms with van der Waals surface area (Å²) in [6.45, 7) is 3.98. The molecule has 0 aromatic heterocycles. The molecule has 0 bridgehead atoms. The molecule has 1 aromatic rings. The summed E-state index contributed by atoms with van der Waals surface area (Å²) in [7, 11) is 0. The number of hydrogen-bond acceptors (Lipinski definition) is 4. The molecule has 0 N–H and O–H groups in total. The van der Waals surface area contributed by atoms with E-state index in [-0.39, 0.29) is 30.3 Å². The van der Waals surface area contributed by atoms with E-state index in [1.165, 1.54) is 0 Å². The molecule has 0 saturated heterocycles. The average Bonchev–Trinajstić information content (AvgIpc) is 3.50. The summed E-state index contributed by atoms with van der Waals surface area (Å²) in [6.07, 6.45) is 18.7. The molecule has 0 atom stereocenters. The second-order valence-electron chi connectivity index (χ2n) is 7.00. The van der Waals surface area contributed by atoms with Crippen molar-refractivity contribution in [2.24, 2.45) is 5.41 Å². The fourth-order valence-corrected chi connectivity index (χ4v) is 3.65. The summed E-state index contributed by atoms with van der Waals surface area (Å²) >= 11 is 0. The second-order valence-corrected chi connectivity index (χ2v) is 7.00. The van der Waals surface area contributed by atoms with Crippen LogP contribution in [0.15, 0.2) is 18.2 Å². The predicted octanol–water partition coefficient (Wildman–Crippen LogP) is 3.67. The molecular weight excluding hydrogens is 420 g/mol. The largest absolute Gasteiger partial charge is 2.00 e. The van der Waals surface area contributed by atoms with Gasteiger partial charge in [-0.15, -0.1) is 0 Å². The Bertz CT molecular complexity index is 679. The van der Waals surface area contributed by atoms with Gasteiger partial charge in [0, 0.05) is 5.92 Å². The Labute approximate surface area is 191 Å². The molecule has 3 aliphatic rings. The molecule has 1 aromatic carbocycles. The van der Waals surface area contributed by atoms with Crippen molar-refractivity contribution in [1.29, 1.82) is 0 Å². The van der Waals surface area contributed by atoms with Gasteiger partial charge >= 0.3 is 29.0 Å². The molecule has 3 aliphatic carbocycles. The van der Waals surface area contributed by atoms with Crippen LogP contribution in [0.1, 0.15) is 30.5 Å². The Hall–Kier alpha value is -1.32. The topological polar surface area (TPSA) is 52.6 Å². The molecule has 0 spiro atoms. The van der Waals surface area contributed by atoms with Crippen LogP contribution in [0.5, 0.6) is 0 Å². The minimum atomic E-state index is -1.25. The van der Waals surface area contributed by atoms with Gasteiger partial charge in [0.05, 0.1) is 13.2 Å². The summed E-state index contributed by atoms with van der Waals surface area (Å²) in [5.74, 6) is 0.145. The van der Waals surface area contributed by atoms with E-state index in [1.54, 1.807) is 13.8 Å². The normalized spacial score (nSPS) is 19.3. The Kier molecular flexibility index (Phi) is 9.90. The van der Waals surface area contributed by atoms with Gasteiger partial charge in [-0.3, -0.25) is 9.59 Å². The fraction of sp³-hybridized carbons (Fsp3) is 0.280. The third-order valence-electron chi connectivity index (χ3n) is 5.07. The van der Waals surface area contributed by atoms with Crippen molar-refractivity contribution in [2.45, 2.75) is 26.7 Å². The second kappa shape index (κ2) is 11.9. The van der Waals surface area contributed by atoms with Gasteiger partial charge in [-0.25, -0.2) is 0 Å². The van der Waals surface area contributed by atoms with Crippen LogP contribution in [0.3, 0.4) is 0 Å². The molecule has 0 amide bonds. The zero-order valence-electron chi connectivity index (χ0n) is 17.2. The van der Waals surface area contributed by atoms with Crippen molar-refractivity contribution in [1.82, 2.24) is 0 Å². The third-order valence-corrected chi connectivity index (χ3v) is 5.07. The number of rotatable bonds is 5. The molecule has 0 heterocycles. The number of carbonyl (C=O) groups excluding carboxylic acids is 2. The van der Waals surface area contributed by atoms with Gasteiger partial charge in [0.25, 0.3) is 0 Å². The smallest absolute Gasteiger partial charge is 0.465 e. The maximum atomic E-state index is 12.5. The first kappa shape index (κ1) is 24.9. The van der Waals surface area contributed by atoms with Gasteiger partial charge in [0.15, 0.2) is 5.41 Å². The number of ether oxygens (including phenoxy) is 2. The minimum absolute atomic E-state index is 0. The van der Waals surface area contributed by atoms with E-state index in [0.717, 1.165) is 22.6 Å². The van der Waals surface area contributed by atoms with E-state index in [4.69, 9.17) is 9.47 Å². The van der Waals surface area contributed by atoms with E-state index in [0.29, 0.717) is 12.8 Å². The van der Waals surface area contributed by atoms with Gasteiger partial charge in [0.1, 0.15) is 0 Å². The third kappa shape index (κ3) is 5.67. The van der Waals surface area contributed by atoms with Crippen LogP contribution >= 0.6 is 0 Å². The summed E-state index contributed by atoms with van der Waals surface area (Å²) in [4.78, 5) is 25.1. The maximum absolute atomic E-state index is 12.5. The predicted molar refractivity (Wildman–Crippen MR) is 111 cm³/mol. The molecule has 30 heavy (non-hydrogen) atoms. The van der Waals surface area contributed by atoms with Crippen LogP contribution in [0, 0.1) is 69.1 Å². The zero-order valence-corrected chi connectivity index (χ0v) is 18.3. The number of fused-ring (bicyclic) bond motifs is 1. The Morgan fingerprint density at radius 1 is 0.800 bits per heavy atom. The van der Waals surface area contributed by atoms with E-state index >= 15 is 0 Å². The van der Waals surface area contributed by atoms with Crippen molar-refractivity contribution in [2.75, 3.05) is 13.2 Å². The van der Waals surface area contributed by atoms with Crippen LogP contribution < -0.4 is 0 Å². The van der Waals surface area contributed by atoms with Crippen LogP contribution in [0.4, 0.5) is 0 Å². The van der Waals surface area contributed by atoms with Gasteiger partial charge in [0.2, 0.25) is 0 Å². The molecule has 4 nitrogen and oxygen atoms in total. The standard InChI is InChI=1S/C20H21O4.C5H5.Fe/c1-3-23-18(21)20(19(22)24-4-2)12-16-10-9-15(11-17(16)13-20)14-7-5-6-8-14;1-2-4-5-3-1;/h5-11H,3-4,12-13H2,1-2H3;1-5H;/q;;+2. The van der Waals surface area contributed by atoms with Crippen molar-refractivity contribution in [3.8, 4) is 0 Å². The molecule has 2 saturated carbocycles. The Balaban J connectivity index is 0.000000468. The van der Waals surface area contributed by atoms with Crippen molar-refractivity contribution >= 4 is 11.9 Å². The van der Waals surface area contributed by atoms with E-state index in [2.05, 4.69) is 6.07 Å². The van der Waals surface area contributed by atoms with Gasteiger partial charge < -0.3 is 9.47 Å². The van der Waals surface area contributed by atoms with Crippen molar-refractivity contribution in [3.05, 3.63) is 98.6 Å². The minimum Gasteiger partial charge on any atom is -0.465 e. The summed E-state index contributed by atoms with van der Waals surface area (Å²) < 4.78 is 10.4. The number of esters is 2. The molecule has 0 aliphatic heterocycles. The van der Waals surface area contributed by atoms with Gasteiger partial charge in [-0.05, 0) is 101 Å². The summed E-state index contributed by atoms with van der Waals surface area (Å²) in [6, 6.07) is 6.09. The summed E-state index contributed by atoms with van der Waals surface area (Å²) in [5, 5.41) is 0. The number of benzene rings is 1. The van der Waals surface area contributed by atoms with Gasteiger partial charge in [-0.1, -0.05) is 18.2 Å². The molecule has 5 heteroatoms. The monoisotopic (exact) mass is 446 g/mol. The molecule has 156 valence electrons. The van der Waals surface area contributed by atoms with E-state index in [1.807, 2.05) is 69.9 Å². The van der Waals surface area contributed by atoms with Crippen molar-refractivity contribution < 1.29 is 36.1 Å². The van der Waals surface area contributed by atoms with Crippen LogP contribution in [0.2, 0.25) is 0 Å². The van der Waals surface area contributed by atoms with E-state index in [9.17, 15) is 9.59 Å². The Morgan fingerprint density at radius 3 is 1.80 bits per heavy atom. The van der Waals surface area contributed by atoms with Gasteiger partial charge in [-0.2, -0.15) is 0 Å².